The predicted octanol–water partition coefficient (Wildman–Crippen LogP) is 3.53. The second kappa shape index (κ2) is 6.58. The monoisotopic (exact) mass is 425 g/mol. The van der Waals surface area contributed by atoms with Gasteiger partial charge in [-0.25, -0.2) is 4.98 Å². The van der Waals surface area contributed by atoms with Gasteiger partial charge in [-0.05, 0) is 55.3 Å². The van der Waals surface area contributed by atoms with Crippen molar-refractivity contribution in [1.29, 1.82) is 0 Å². The van der Waals surface area contributed by atoms with Crippen molar-refractivity contribution in [2.24, 2.45) is 0 Å². The molecule has 158 valence electrons. The second-order valence-corrected chi connectivity index (χ2v) is 8.25. The van der Waals surface area contributed by atoms with Crippen LogP contribution in [0.1, 0.15) is 32.7 Å². The lowest BCUT2D eigenvalue weighted by Gasteiger charge is -2.27. The highest BCUT2D eigenvalue weighted by atomic mass is 16.5. The fourth-order valence-electron chi connectivity index (χ4n) is 4.86. The maximum absolute atomic E-state index is 13.5. The number of benzene rings is 3. The molecule has 0 fully saturated rings. The van der Waals surface area contributed by atoms with Crippen molar-refractivity contribution in [2.45, 2.75) is 13.3 Å². The Balaban J connectivity index is 1.70. The number of rotatable bonds is 4. The summed E-state index contributed by atoms with van der Waals surface area (Å²) in [6.45, 7) is 2.72. The van der Waals surface area contributed by atoms with E-state index in [-0.39, 0.29) is 23.9 Å². The molecule has 7 nitrogen and oxygen atoms in total. The van der Waals surface area contributed by atoms with E-state index in [9.17, 15) is 14.4 Å². The molecule has 3 aromatic carbocycles. The highest BCUT2D eigenvalue weighted by molar-refractivity contribution is 6.31. The lowest BCUT2D eigenvalue weighted by atomic mass is 9.90. The maximum Gasteiger partial charge on any atom is 0.264 e. The molecule has 0 N–H and O–H groups in total. The van der Waals surface area contributed by atoms with Gasteiger partial charge in [0, 0.05) is 52.9 Å². The molecular weight excluding hydrogens is 406 g/mol. The van der Waals surface area contributed by atoms with E-state index in [0.29, 0.717) is 46.0 Å². The molecule has 2 aromatic heterocycles. The molecule has 0 unspecified atom stereocenters. The van der Waals surface area contributed by atoms with E-state index in [1.807, 2.05) is 31.2 Å². The van der Waals surface area contributed by atoms with Crippen LogP contribution in [0.5, 0.6) is 0 Å². The number of ether oxygens (including phenoxy) is 1. The van der Waals surface area contributed by atoms with Crippen LogP contribution >= 0.6 is 0 Å². The first-order chi connectivity index (χ1) is 15.5. The Morgan fingerprint density at radius 3 is 2.34 bits per heavy atom. The van der Waals surface area contributed by atoms with Crippen LogP contribution in [0.3, 0.4) is 0 Å². The van der Waals surface area contributed by atoms with Crippen LogP contribution in [-0.2, 0) is 4.74 Å². The van der Waals surface area contributed by atoms with Crippen LogP contribution in [-0.4, -0.2) is 46.4 Å². The highest BCUT2D eigenvalue weighted by Gasteiger charge is 2.34. The van der Waals surface area contributed by atoms with Gasteiger partial charge in [0.05, 0.1) is 11.0 Å². The van der Waals surface area contributed by atoms with Crippen LogP contribution < -0.4 is 5.56 Å². The zero-order valence-corrected chi connectivity index (χ0v) is 17.6. The van der Waals surface area contributed by atoms with E-state index in [1.54, 1.807) is 29.7 Å². The number of imide groups is 1. The minimum Gasteiger partial charge on any atom is -0.385 e. The molecule has 0 saturated heterocycles. The molecule has 0 radical (unpaired) electrons. The van der Waals surface area contributed by atoms with Gasteiger partial charge in [0.2, 0.25) is 0 Å². The first-order valence-corrected chi connectivity index (χ1v) is 10.5. The van der Waals surface area contributed by atoms with Crippen molar-refractivity contribution in [3.8, 4) is 0 Å². The number of imidazole rings is 1. The third-order valence-corrected chi connectivity index (χ3v) is 6.33. The molecule has 5 aromatic rings. The fourth-order valence-corrected chi connectivity index (χ4v) is 4.86. The Kier molecular flexibility index (Phi) is 3.88. The number of carbonyl (C=O) groups is 2. The van der Waals surface area contributed by atoms with Gasteiger partial charge in [0.25, 0.3) is 17.4 Å². The van der Waals surface area contributed by atoms with Gasteiger partial charge < -0.3 is 4.74 Å². The third kappa shape index (κ3) is 2.34. The second-order valence-electron chi connectivity index (χ2n) is 8.25. The van der Waals surface area contributed by atoms with Crippen molar-refractivity contribution in [3.63, 3.8) is 0 Å². The molecule has 2 amide bonds. The van der Waals surface area contributed by atoms with Gasteiger partial charge in [-0.3, -0.25) is 23.7 Å². The van der Waals surface area contributed by atoms with Crippen molar-refractivity contribution in [2.75, 3.05) is 20.3 Å². The van der Waals surface area contributed by atoms with Crippen LogP contribution in [0.4, 0.5) is 0 Å². The summed E-state index contributed by atoms with van der Waals surface area (Å²) in [5, 5.41) is 2.40. The summed E-state index contributed by atoms with van der Waals surface area (Å²) < 4.78 is 6.70. The lowest BCUT2D eigenvalue weighted by Crippen LogP contribution is -2.41. The molecular formula is C25H19N3O4. The van der Waals surface area contributed by atoms with Gasteiger partial charge in [-0.1, -0.05) is 6.07 Å². The standard InChI is InChI=1S/C25H19N3O4/c1-13-4-9-18-19(12-13)28-22(26-18)14-5-6-15-21-16(7-8-17(20(14)21)25(28)31)24(30)27(23(15)29)10-3-11-32-2/h4-9,12H,3,10-11H2,1-2H3. The summed E-state index contributed by atoms with van der Waals surface area (Å²) in [6, 6.07) is 12.7. The molecule has 0 aliphatic carbocycles. The quantitative estimate of drug-likeness (QED) is 0.325. The Morgan fingerprint density at radius 1 is 0.906 bits per heavy atom. The third-order valence-electron chi connectivity index (χ3n) is 6.33. The van der Waals surface area contributed by atoms with Crippen LogP contribution in [0, 0.1) is 6.92 Å². The largest absolute Gasteiger partial charge is 0.385 e. The van der Waals surface area contributed by atoms with Gasteiger partial charge >= 0.3 is 0 Å². The topological polar surface area (TPSA) is 81.0 Å². The summed E-state index contributed by atoms with van der Waals surface area (Å²) in [5.74, 6) is -0.686. The number of hydrogen-bond acceptors (Lipinski definition) is 5. The first kappa shape index (κ1) is 18.9. The summed E-state index contributed by atoms with van der Waals surface area (Å²) >= 11 is 0. The van der Waals surface area contributed by atoms with Crippen molar-refractivity contribution in [1.82, 2.24) is 14.3 Å². The molecule has 0 atom stereocenters. The number of amides is 2. The normalized spacial score (nSPS) is 14.0. The molecule has 0 saturated carbocycles. The predicted molar refractivity (Wildman–Crippen MR) is 122 cm³/mol. The van der Waals surface area contributed by atoms with Gasteiger partial charge in [0.1, 0.15) is 5.65 Å². The van der Waals surface area contributed by atoms with Crippen LogP contribution in [0.2, 0.25) is 0 Å². The Hall–Kier alpha value is -3.84. The summed E-state index contributed by atoms with van der Waals surface area (Å²) in [4.78, 5) is 45.9. The smallest absolute Gasteiger partial charge is 0.264 e. The molecule has 3 heterocycles. The summed E-state index contributed by atoms with van der Waals surface area (Å²) in [5.41, 5.74) is 3.72. The number of pyridine rings is 1. The number of aryl methyl sites for hydroxylation is 1. The highest BCUT2D eigenvalue weighted by Crippen LogP contribution is 2.37. The molecule has 32 heavy (non-hydrogen) atoms. The number of methoxy groups -OCH3 is 1. The molecule has 0 bridgehead atoms. The van der Waals surface area contributed by atoms with E-state index in [4.69, 9.17) is 9.72 Å². The Bertz CT molecular complexity index is 1650. The van der Waals surface area contributed by atoms with Crippen molar-refractivity contribution >= 4 is 50.0 Å². The average Bonchev–Trinajstić information content (AvgIpc) is 3.17. The fraction of sp³-hybridized carbons (Fsp3) is 0.200. The average molecular weight is 425 g/mol. The minimum atomic E-state index is -0.343. The van der Waals surface area contributed by atoms with Crippen molar-refractivity contribution < 1.29 is 14.3 Å². The van der Waals surface area contributed by atoms with E-state index in [1.165, 1.54) is 4.90 Å². The number of nitrogens with zero attached hydrogens (tertiary/aromatic N) is 3. The molecule has 0 spiro atoms. The van der Waals surface area contributed by atoms with Gasteiger partial charge in [0.15, 0.2) is 0 Å². The number of hydrogen-bond donors (Lipinski definition) is 0. The SMILES string of the molecule is COCCCN1C(=O)c2ccc3c(=O)n4c5cc(C)ccc5nc4c4ccc(c2c34)C1=O. The summed E-state index contributed by atoms with van der Waals surface area (Å²) in [7, 11) is 1.59. The zero-order valence-electron chi connectivity index (χ0n) is 17.6. The first-order valence-electron chi connectivity index (χ1n) is 10.5. The van der Waals surface area contributed by atoms with Crippen molar-refractivity contribution in [3.05, 3.63) is 69.5 Å². The Labute approximate surface area is 182 Å². The molecule has 7 heteroatoms. The molecule has 1 aliphatic heterocycles. The zero-order chi connectivity index (χ0) is 22.1. The molecule has 6 rings (SSSR count). The van der Waals surface area contributed by atoms with E-state index in [2.05, 4.69) is 0 Å². The minimum absolute atomic E-state index is 0.202. The number of fused-ring (bicyclic) bond motifs is 4. The Morgan fingerprint density at radius 2 is 1.62 bits per heavy atom. The van der Waals surface area contributed by atoms with E-state index in [0.717, 1.165) is 22.0 Å². The number of aromatic nitrogens is 2. The summed E-state index contributed by atoms with van der Waals surface area (Å²) in [6.07, 6.45) is 0.560. The molecule has 1 aliphatic rings. The lowest BCUT2D eigenvalue weighted by molar-refractivity contribution is 0.0595. The van der Waals surface area contributed by atoms with Crippen LogP contribution in [0.25, 0.3) is 38.2 Å². The van der Waals surface area contributed by atoms with Gasteiger partial charge in [-0.2, -0.15) is 0 Å². The maximum atomic E-state index is 13.5. The van der Waals surface area contributed by atoms with E-state index >= 15 is 0 Å². The van der Waals surface area contributed by atoms with E-state index < -0.39 is 0 Å². The van der Waals surface area contributed by atoms with Gasteiger partial charge in [-0.15, -0.1) is 0 Å². The number of carbonyl (C=O) groups excluding carboxylic acids is 2. The van der Waals surface area contributed by atoms with Crippen LogP contribution in [0.15, 0.2) is 47.3 Å².